The molecule has 94 valence electrons. The van der Waals surface area contributed by atoms with Gasteiger partial charge in [0.1, 0.15) is 0 Å². The summed E-state index contributed by atoms with van der Waals surface area (Å²) in [6, 6.07) is 5.56. The van der Waals surface area contributed by atoms with Gasteiger partial charge < -0.3 is 11.1 Å². The number of carbonyl (C=O) groups is 1. The molecule has 0 atom stereocenters. The monoisotopic (exact) mass is 420 g/mol. The van der Waals surface area contributed by atoms with Crippen molar-refractivity contribution in [2.45, 2.75) is 0 Å². The van der Waals surface area contributed by atoms with E-state index in [0.717, 1.165) is 8.04 Å². The Hall–Kier alpha value is -1.09. The van der Waals surface area contributed by atoms with Crippen molar-refractivity contribution < 1.29 is 4.79 Å². The van der Waals surface area contributed by atoms with Crippen molar-refractivity contribution in [1.29, 1.82) is 0 Å². The predicted octanol–water partition coefficient (Wildman–Crippen LogP) is 2.62. The SMILES string of the molecule is Cn1cc(N)c(C(=O)Nc2ccc(I)c(Br)c2)n1. The third kappa shape index (κ3) is 2.83. The van der Waals surface area contributed by atoms with Gasteiger partial charge in [0.15, 0.2) is 5.69 Å². The summed E-state index contributed by atoms with van der Waals surface area (Å²) in [5.74, 6) is -0.318. The lowest BCUT2D eigenvalue weighted by Crippen LogP contribution is -2.14. The Morgan fingerprint density at radius 1 is 1.56 bits per heavy atom. The molecule has 0 bridgehead atoms. The highest BCUT2D eigenvalue weighted by molar-refractivity contribution is 14.1. The maximum absolute atomic E-state index is 12.0. The third-order valence-corrected chi connectivity index (χ3v) is 4.59. The standard InChI is InChI=1S/C11H10BrIN4O/c1-17-5-9(14)10(16-17)11(18)15-6-2-3-8(13)7(12)4-6/h2-5H,14H2,1H3,(H,15,18). The number of hydrogen-bond donors (Lipinski definition) is 2. The van der Waals surface area contributed by atoms with Gasteiger partial charge in [0.25, 0.3) is 5.91 Å². The number of amides is 1. The Labute approximate surface area is 126 Å². The van der Waals surface area contributed by atoms with Crippen molar-refractivity contribution in [3.8, 4) is 0 Å². The lowest BCUT2D eigenvalue weighted by atomic mass is 10.3. The molecule has 0 saturated carbocycles. The lowest BCUT2D eigenvalue weighted by molar-refractivity contribution is 0.102. The fraction of sp³-hybridized carbons (Fsp3) is 0.0909. The van der Waals surface area contributed by atoms with Crippen LogP contribution in [0.25, 0.3) is 0 Å². The first-order valence-corrected chi connectivity index (χ1v) is 6.90. The summed E-state index contributed by atoms with van der Waals surface area (Å²) < 4.78 is 3.51. The van der Waals surface area contributed by atoms with Crippen molar-refractivity contribution in [2.75, 3.05) is 11.1 Å². The van der Waals surface area contributed by atoms with Crippen molar-refractivity contribution in [1.82, 2.24) is 9.78 Å². The van der Waals surface area contributed by atoms with Crippen molar-refractivity contribution in [2.24, 2.45) is 7.05 Å². The number of nitrogen functional groups attached to an aromatic ring is 1. The maximum atomic E-state index is 12.0. The molecule has 18 heavy (non-hydrogen) atoms. The van der Waals surface area contributed by atoms with Gasteiger partial charge in [-0.2, -0.15) is 5.10 Å². The average Bonchev–Trinajstić information content (AvgIpc) is 2.63. The highest BCUT2D eigenvalue weighted by Gasteiger charge is 2.14. The summed E-state index contributed by atoms with van der Waals surface area (Å²) in [5.41, 5.74) is 6.98. The first kappa shape index (κ1) is 13.3. The second-order valence-electron chi connectivity index (χ2n) is 3.69. The number of rotatable bonds is 2. The Morgan fingerprint density at radius 2 is 2.28 bits per heavy atom. The Balaban J connectivity index is 2.21. The fourth-order valence-corrected chi connectivity index (χ4v) is 2.16. The number of hydrogen-bond acceptors (Lipinski definition) is 3. The second-order valence-corrected chi connectivity index (χ2v) is 5.71. The number of anilines is 2. The van der Waals surface area contributed by atoms with Gasteiger partial charge >= 0.3 is 0 Å². The number of nitrogens with two attached hydrogens (primary N) is 1. The Morgan fingerprint density at radius 3 is 2.83 bits per heavy atom. The number of aromatic nitrogens is 2. The second kappa shape index (κ2) is 5.27. The first-order chi connectivity index (χ1) is 8.47. The van der Waals surface area contributed by atoms with Gasteiger partial charge in [-0.3, -0.25) is 9.48 Å². The molecule has 2 aromatic rings. The largest absolute Gasteiger partial charge is 0.396 e. The van der Waals surface area contributed by atoms with Gasteiger partial charge in [0, 0.05) is 27.0 Å². The van der Waals surface area contributed by atoms with Gasteiger partial charge in [-0.25, -0.2) is 0 Å². The van der Waals surface area contributed by atoms with E-state index in [-0.39, 0.29) is 11.6 Å². The molecule has 1 aromatic carbocycles. The van der Waals surface area contributed by atoms with Gasteiger partial charge in [0.2, 0.25) is 0 Å². The highest BCUT2D eigenvalue weighted by atomic mass is 127. The van der Waals surface area contributed by atoms with E-state index < -0.39 is 0 Å². The summed E-state index contributed by atoms with van der Waals surface area (Å²) in [6.45, 7) is 0. The molecule has 0 aliphatic heterocycles. The van der Waals surface area contributed by atoms with Crippen LogP contribution in [0.4, 0.5) is 11.4 Å². The van der Waals surface area contributed by atoms with Crippen LogP contribution in [0, 0.1) is 3.57 Å². The molecule has 2 rings (SSSR count). The molecule has 1 heterocycles. The number of aryl methyl sites for hydroxylation is 1. The van der Waals surface area contributed by atoms with Crippen LogP contribution < -0.4 is 11.1 Å². The molecule has 0 fully saturated rings. The molecule has 0 spiro atoms. The highest BCUT2D eigenvalue weighted by Crippen LogP contribution is 2.23. The van der Waals surface area contributed by atoms with Gasteiger partial charge in [0.05, 0.1) is 5.69 Å². The Bertz CT molecular complexity index is 611. The van der Waals surface area contributed by atoms with E-state index >= 15 is 0 Å². The molecule has 1 amide bonds. The van der Waals surface area contributed by atoms with Crippen molar-refractivity contribution in [3.63, 3.8) is 0 Å². The van der Waals surface area contributed by atoms with Crippen LogP contribution in [-0.4, -0.2) is 15.7 Å². The van der Waals surface area contributed by atoms with Crippen LogP contribution in [0.3, 0.4) is 0 Å². The number of nitrogens with one attached hydrogen (secondary N) is 1. The summed E-state index contributed by atoms with van der Waals surface area (Å²) >= 11 is 5.61. The molecular weight excluding hydrogens is 411 g/mol. The molecule has 0 unspecified atom stereocenters. The Kier molecular flexibility index (Phi) is 3.91. The molecule has 0 aliphatic carbocycles. The first-order valence-electron chi connectivity index (χ1n) is 5.03. The zero-order valence-corrected chi connectivity index (χ0v) is 13.2. The van der Waals surface area contributed by atoms with Crippen molar-refractivity contribution in [3.05, 3.63) is 38.1 Å². The van der Waals surface area contributed by atoms with E-state index in [9.17, 15) is 4.79 Å². The van der Waals surface area contributed by atoms with Crippen LogP contribution in [0.5, 0.6) is 0 Å². The van der Waals surface area contributed by atoms with Crippen LogP contribution in [0.15, 0.2) is 28.9 Å². The topological polar surface area (TPSA) is 72.9 Å². The van der Waals surface area contributed by atoms with E-state index in [2.05, 4.69) is 48.9 Å². The molecule has 0 radical (unpaired) electrons. The van der Waals surface area contributed by atoms with Gasteiger partial charge in [-0.1, -0.05) is 0 Å². The van der Waals surface area contributed by atoms with E-state index in [1.807, 2.05) is 18.2 Å². The minimum atomic E-state index is -0.318. The maximum Gasteiger partial charge on any atom is 0.278 e. The summed E-state index contributed by atoms with van der Waals surface area (Å²) in [7, 11) is 1.72. The van der Waals surface area contributed by atoms with Gasteiger partial charge in [-0.15, -0.1) is 0 Å². The van der Waals surface area contributed by atoms with E-state index in [1.54, 1.807) is 13.2 Å². The number of benzene rings is 1. The number of halogens is 2. The normalized spacial score (nSPS) is 10.4. The lowest BCUT2D eigenvalue weighted by Gasteiger charge is -2.05. The van der Waals surface area contributed by atoms with E-state index in [0.29, 0.717) is 11.4 Å². The van der Waals surface area contributed by atoms with E-state index in [1.165, 1.54) is 4.68 Å². The molecule has 5 nitrogen and oxygen atoms in total. The van der Waals surface area contributed by atoms with Crippen molar-refractivity contribution >= 4 is 55.8 Å². The predicted molar refractivity (Wildman–Crippen MR) is 82.4 cm³/mol. The zero-order valence-electron chi connectivity index (χ0n) is 9.45. The summed E-state index contributed by atoms with van der Waals surface area (Å²) in [5, 5.41) is 6.77. The molecule has 3 N–H and O–H groups in total. The molecular formula is C11H10BrIN4O. The molecule has 0 aliphatic rings. The van der Waals surface area contributed by atoms with Crippen LogP contribution in [-0.2, 0) is 7.05 Å². The minimum absolute atomic E-state index is 0.229. The quantitative estimate of drug-likeness (QED) is 0.733. The smallest absolute Gasteiger partial charge is 0.278 e. The number of nitrogens with zero attached hydrogens (tertiary/aromatic N) is 2. The zero-order chi connectivity index (χ0) is 13.3. The third-order valence-electron chi connectivity index (χ3n) is 2.25. The molecule has 1 aromatic heterocycles. The minimum Gasteiger partial charge on any atom is -0.396 e. The number of carbonyl (C=O) groups excluding carboxylic acids is 1. The van der Waals surface area contributed by atoms with Crippen LogP contribution >= 0.6 is 38.5 Å². The van der Waals surface area contributed by atoms with E-state index in [4.69, 9.17) is 5.73 Å². The van der Waals surface area contributed by atoms with Gasteiger partial charge in [-0.05, 0) is 56.7 Å². The molecule has 0 saturated heterocycles. The summed E-state index contributed by atoms with van der Waals surface area (Å²) in [4.78, 5) is 12.0. The fourth-order valence-electron chi connectivity index (χ4n) is 1.45. The van der Waals surface area contributed by atoms with Crippen LogP contribution in [0.2, 0.25) is 0 Å². The van der Waals surface area contributed by atoms with Crippen LogP contribution in [0.1, 0.15) is 10.5 Å². The molecule has 7 heteroatoms. The summed E-state index contributed by atoms with van der Waals surface area (Å²) in [6.07, 6.45) is 1.60. The average molecular weight is 421 g/mol.